The number of likely N-dealkylation sites (N-methyl/N-ethyl adjacent to an activating group) is 1. The van der Waals surface area contributed by atoms with Gasteiger partial charge in [0.2, 0.25) is 5.91 Å². The van der Waals surface area contributed by atoms with Crippen LogP contribution < -0.4 is 10.1 Å². The van der Waals surface area contributed by atoms with E-state index in [-0.39, 0.29) is 24.8 Å². The van der Waals surface area contributed by atoms with E-state index in [0.717, 1.165) is 0 Å². The first-order chi connectivity index (χ1) is 13.8. The molecule has 0 aliphatic rings. The van der Waals surface area contributed by atoms with Gasteiger partial charge in [0.15, 0.2) is 5.78 Å². The van der Waals surface area contributed by atoms with E-state index in [1.54, 1.807) is 50.1 Å². The van der Waals surface area contributed by atoms with E-state index in [0.29, 0.717) is 40.5 Å². The summed E-state index contributed by atoms with van der Waals surface area (Å²) in [6.45, 7) is 5.91. The van der Waals surface area contributed by atoms with E-state index in [2.05, 4.69) is 10.3 Å². The maximum absolute atomic E-state index is 12.8. The van der Waals surface area contributed by atoms with Gasteiger partial charge in [0.1, 0.15) is 5.75 Å². The van der Waals surface area contributed by atoms with E-state index in [9.17, 15) is 14.4 Å². The van der Waals surface area contributed by atoms with E-state index in [4.69, 9.17) is 9.47 Å². The average Bonchev–Trinajstić information content (AvgIpc) is 3.01. The molecule has 1 aromatic heterocycles. The maximum Gasteiger partial charge on any atom is 0.339 e. The van der Waals surface area contributed by atoms with Crippen molar-refractivity contribution < 1.29 is 23.9 Å². The number of ether oxygens (including phenoxy) is 2. The van der Waals surface area contributed by atoms with Crippen molar-refractivity contribution in [2.24, 2.45) is 0 Å². The Bertz CT molecular complexity index is 904. The first-order valence-electron chi connectivity index (χ1n) is 9.27. The number of benzene rings is 1. The minimum absolute atomic E-state index is 0.0451. The summed E-state index contributed by atoms with van der Waals surface area (Å²) in [7, 11) is 2.86. The number of nitrogens with one attached hydrogen (secondary N) is 2. The molecule has 8 heteroatoms. The molecule has 2 rings (SSSR count). The molecule has 0 saturated heterocycles. The fourth-order valence-electron chi connectivity index (χ4n) is 3.10. The summed E-state index contributed by atoms with van der Waals surface area (Å²) in [4.78, 5) is 41.7. The lowest BCUT2D eigenvalue weighted by atomic mass is 10.1. The van der Waals surface area contributed by atoms with Crippen LogP contribution in [0.2, 0.25) is 0 Å². The number of aryl methyl sites for hydroxylation is 1. The number of H-pyrrole nitrogens is 1. The molecular weight excluding hydrogens is 374 g/mol. The van der Waals surface area contributed by atoms with E-state index in [1.165, 1.54) is 7.11 Å². The van der Waals surface area contributed by atoms with Gasteiger partial charge in [-0.05, 0) is 38.1 Å². The largest absolute Gasteiger partial charge is 0.497 e. The Hall–Kier alpha value is -3.13. The molecule has 1 aromatic carbocycles. The van der Waals surface area contributed by atoms with Crippen LogP contribution in [0.15, 0.2) is 24.3 Å². The summed E-state index contributed by atoms with van der Waals surface area (Å²) < 4.78 is 9.92. The number of amides is 1. The topological polar surface area (TPSA) is 101 Å². The predicted octanol–water partition coefficient (Wildman–Crippen LogP) is 2.57. The molecule has 1 amide bonds. The van der Waals surface area contributed by atoms with Gasteiger partial charge in [-0.25, -0.2) is 4.79 Å². The number of aromatic amines is 1. The third-order valence-electron chi connectivity index (χ3n) is 4.64. The van der Waals surface area contributed by atoms with Crippen LogP contribution >= 0.6 is 0 Å². The van der Waals surface area contributed by atoms with Crippen LogP contribution in [0.3, 0.4) is 0 Å². The van der Waals surface area contributed by atoms with Crippen molar-refractivity contribution in [3.8, 4) is 5.75 Å². The number of ketones is 1. The van der Waals surface area contributed by atoms with Crippen molar-refractivity contribution in [1.82, 2.24) is 9.88 Å². The second kappa shape index (κ2) is 9.88. The summed E-state index contributed by atoms with van der Waals surface area (Å²) in [6, 6.07) is 7.06. The number of Topliss-reactive ketones (excluding diaryl/α,β-unsaturated/α-hetero) is 1. The molecule has 0 bridgehead atoms. The first kappa shape index (κ1) is 22.2. The molecule has 8 nitrogen and oxygen atoms in total. The smallest absolute Gasteiger partial charge is 0.339 e. The summed E-state index contributed by atoms with van der Waals surface area (Å²) in [6.07, 6.45) is 0. The van der Waals surface area contributed by atoms with Crippen molar-refractivity contribution in [1.29, 1.82) is 0 Å². The maximum atomic E-state index is 12.8. The lowest BCUT2D eigenvalue weighted by Gasteiger charge is -2.19. The van der Waals surface area contributed by atoms with Gasteiger partial charge in [0.05, 0.1) is 38.6 Å². The molecule has 2 N–H and O–H groups in total. The minimum atomic E-state index is -0.486. The molecule has 0 spiro atoms. The van der Waals surface area contributed by atoms with E-state index in [1.807, 2.05) is 6.92 Å². The lowest BCUT2D eigenvalue weighted by molar-refractivity contribution is -0.117. The Balaban J connectivity index is 2.04. The van der Waals surface area contributed by atoms with Crippen LogP contribution in [0, 0.1) is 13.8 Å². The van der Waals surface area contributed by atoms with Gasteiger partial charge in [-0.3, -0.25) is 14.5 Å². The highest BCUT2D eigenvalue weighted by Gasteiger charge is 2.24. The van der Waals surface area contributed by atoms with Gasteiger partial charge in [0.25, 0.3) is 0 Å². The average molecular weight is 401 g/mol. The van der Waals surface area contributed by atoms with Crippen LogP contribution in [-0.2, 0) is 9.53 Å². The fourth-order valence-corrected chi connectivity index (χ4v) is 3.10. The number of carbonyl (C=O) groups excluding carboxylic acids is 3. The quantitative estimate of drug-likeness (QED) is 0.495. The normalized spacial score (nSPS) is 10.7. The number of esters is 1. The molecule has 0 aliphatic heterocycles. The number of hydrogen-bond donors (Lipinski definition) is 2. The highest BCUT2D eigenvalue weighted by Crippen LogP contribution is 2.20. The Morgan fingerprint density at radius 1 is 1.14 bits per heavy atom. The monoisotopic (exact) mass is 401 g/mol. The Kier molecular flexibility index (Phi) is 7.55. The molecule has 29 heavy (non-hydrogen) atoms. The molecule has 0 atom stereocenters. The number of nitrogens with zero attached hydrogens (tertiary/aromatic N) is 1. The molecule has 0 aliphatic carbocycles. The number of hydrogen-bond acceptors (Lipinski definition) is 6. The van der Waals surface area contributed by atoms with Crippen LogP contribution in [0.5, 0.6) is 5.75 Å². The van der Waals surface area contributed by atoms with Crippen molar-refractivity contribution in [3.05, 3.63) is 46.8 Å². The zero-order chi connectivity index (χ0) is 21.6. The Morgan fingerprint density at radius 3 is 2.48 bits per heavy atom. The number of rotatable bonds is 9. The van der Waals surface area contributed by atoms with Crippen LogP contribution in [0.25, 0.3) is 0 Å². The van der Waals surface area contributed by atoms with Crippen molar-refractivity contribution in [2.75, 3.05) is 39.2 Å². The molecule has 0 fully saturated rings. The van der Waals surface area contributed by atoms with E-state index >= 15 is 0 Å². The zero-order valence-corrected chi connectivity index (χ0v) is 17.4. The molecule has 2 aromatic rings. The van der Waals surface area contributed by atoms with E-state index < -0.39 is 5.97 Å². The highest BCUT2D eigenvalue weighted by atomic mass is 16.5. The van der Waals surface area contributed by atoms with Gasteiger partial charge >= 0.3 is 5.97 Å². The molecule has 156 valence electrons. The summed E-state index contributed by atoms with van der Waals surface area (Å²) in [5, 5.41) is 2.80. The molecule has 0 radical (unpaired) electrons. The Morgan fingerprint density at radius 2 is 1.86 bits per heavy atom. The van der Waals surface area contributed by atoms with Gasteiger partial charge in [-0.15, -0.1) is 0 Å². The van der Waals surface area contributed by atoms with Crippen molar-refractivity contribution in [2.45, 2.75) is 20.8 Å². The highest BCUT2D eigenvalue weighted by molar-refractivity contribution is 6.02. The summed E-state index contributed by atoms with van der Waals surface area (Å²) in [5.74, 6) is -0.274. The third-order valence-corrected chi connectivity index (χ3v) is 4.64. The predicted molar refractivity (Wildman–Crippen MR) is 110 cm³/mol. The standard InChI is InChI=1S/C21H27N3O5/c1-6-24(12-18(26)23-15-8-7-9-16(10-15)28-4)11-17(25)20-13(2)19(14(3)22-20)21(27)29-5/h7-10,22H,6,11-12H2,1-5H3,(H,23,26). The first-order valence-corrected chi connectivity index (χ1v) is 9.27. The molecule has 0 unspecified atom stereocenters. The minimum Gasteiger partial charge on any atom is -0.497 e. The number of carbonyl (C=O) groups is 3. The number of aromatic nitrogens is 1. The summed E-state index contributed by atoms with van der Waals surface area (Å²) in [5.41, 5.74) is 2.48. The number of methoxy groups -OCH3 is 2. The molecular formula is C21H27N3O5. The third kappa shape index (κ3) is 5.45. The molecule has 1 heterocycles. The SMILES string of the molecule is CCN(CC(=O)Nc1cccc(OC)c1)CC(=O)c1[nH]c(C)c(C(=O)OC)c1C. The van der Waals surface area contributed by atoms with Gasteiger partial charge in [0, 0.05) is 17.4 Å². The van der Waals surface area contributed by atoms with Crippen molar-refractivity contribution >= 4 is 23.3 Å². The Labute approximate surface area is 170 Å². The van der Waals surface area contributed by atoms with Crippen LogP contribution in [0.1, 0.15) is 39.0 Å². The number of anilines is 1. The van der Waals surface area contributed by atoms with Gasteiger partial charge in [-0.2, -0.15) is 0 Å². The van der Waals surface area contributed by atoms with Gasteiger partial charge < -0.3 is 19.8 Å². The lowest BCUT2D eigenvalue weighted by Crippen LogP contribution is -2.37. The second-order valence-corrected chi connectivity index (χ2v) is 6.62. The zero-order valence-electron chi connectivity index (χ0n) is 17.4. The second-order valence-electron chi connectivity index (χ2n) is 6.62. The van der Waals surface area contributed by atoms with Crippen LogP contribution in [0.4, 0.5) is 5.69 Å². The van der Waals surface area contributed by atoms with Crippen molar-refractivity contribution in [3.63, 3.8) is 0 Å². The van der Waals surface area contributed by atoms with Gasteiger partial charge in [-0.1, -0.05) is 13.0 Å². The molecule has 0 saturated carbocycles. The summed E-state index contributed by atoms with van der Waals surface area (Å²) >= 11 is 0. The van der Waals surface area contributed by atoms with Crippen LogP contribution in [-0.4, -0.2) is 61.4 Å². The fraction of sp³-hybridized carbons (Fsp3) is 0.381.